The van der Waals surface area contributed by atoms with E-state index in [9.17, 15) is 14.4 Å². The summed E-state index contributed by atoms with van der Waals surface area (Å²) < 4.78 is 4.99. The molecule has 0 spiro atoms. The maximum Gasteiger partial charge on any atom is 0.307 e. The number of rotatable bonds is 8. The summed E-state index contributed by atoms with van der Waals surface area (Å²) in [6.45, 7) is 3.76. The summed E-state index contributed by atoms with van der Waals surface area (Å²) in [7, 11) is 0. The third-order valence-corrected chi connectivity index (χ3v) is 2.27. The number of hydrogen-bond acceptors (Lipinski definition) is 5. The Morgan fingerprint density at radius 3 is 2.50 bits per heavy atom. The number of aliphatic carboxylic acids is 1. The fourth-order valence-corrected chi connectivity index (χ4v) is 1.07. The van der Waals surface area contributed by atoms with Crippen LogP contribution in [0.1, 0.15) is 33.1 Å². The van der Waals surface area contributed by atoms with Crippen LogP contribution in [0.3, 0.4) is 0 Å². The van der Waals surface area contributed by atoms with E-state index in [4.69, 9.17) is 15.6 Å². The lowest BCUT2D eigenvalue weighted by molar-refractivity contribution is -0.148. The first-order chi connectivity index (χ1) is 8.36. The minimum absolute atomic E-state index is 0.0376. The van der Waals surface area contributed by atoms with E-state index in [0.29, 0.717) is 0 Å². The number of esters is 1. The summed E-state index contributed by atoms with van der Waals surface area (Å²) in [4.78, 5) is 32.8. The quantitative estimate of drug-likeness (QED) is 0.513. The van der Waals surface area contributed by atoms with E-state index in [0.717, 1.165) is 6.42 Å². The number of amides is 1. The predicted octanol–water partition coefficient (Wildman–Crippen LogP) is -0.364. The zero-order chi connectivity index (χ0) is 14.1. The van der Waals surface area contributed by atoms with Crippen molar-refractivity contribution in [1.29, 1.82) is 0 Å². The Kier molecular flexibility index (Phi) is 7.69. The van der Waals surface area contributed by atoms with Crippen molar-refractivity contribution >= 4 is 17.8 Å². The molecule has 0 aromatic carbocycles. The highest BCUT2D eigenvalue weighted by Crippen LogP contribution is 1.98. The molecule has 0 aromatic rings. The standard InChI is InChI=1S/C11H20N2O5/c1-3-7(2)18-10(16)4-5-13-11(17)8(12)6-9(14)15/h7-8H,3-6,12H2,1-2H3,(H,13,17)(H,14,15)/t7?,8-/m1/s1. The molecule has 0 saturated carbocycles. The predicted molar refractivity (Wildman–Crippen MR) is 63.7 cm³/mol. The van der Waals surface area contributed by atoms with Crippen LogP contribution in [0.4, 0.5) is 0 Å². The number of nitrogens with two attached hydrogens (primary N) is 1. The molecule has 0 bridgehead atoms. The van der Waals surface area contributed by atoms with Gasteiger partial charge in [-0.3, -0.25) is 14.4 Å². The molecule has 7 nitrogen and oxygen atoms in total. The smallest absolute Gasteiger partial charge is 0.307 e. The number of nitrogens with one attached hydrogen (secondary N) is 1. The second-order valence-electron chi connectivity index (χ2n) is 3.95. The molecule has 7 heteroatoms. The number of hydrogen-bond donors (Lipinski definition) is 3. The molecule has 1 amide bonds. The minimum Gasteiger partial charge on any atom is -0.481 e. The van der Waals surface area contributed by atoms with E-state index < -0.39 is 30.3 Å². The van der Waals surface area contributed by atoms with Gasteiger partial charge in [0.15, 0.2) is 0 Å². The molecule has 0 aliphatic rings. The molecule has 0 aromatic heterocycles. The van der Waals surface area contributed by atoms with Crippen molar-refractivity contribution in [2.24, 2.45) is 5.73 Å². The molecular weight excluding hydrogens is 240 g/mol. The fourth-order valence-electron chi connectivity index (χ4n) is 1.07. The van der Waals surface area contributed by atoms with E-state index in [-0.39, 0.29) is 19.1 Å². The highest BCUT2D eigenvalue weighted by atomic mass is 16.5. The van der Waals surface area contributed by atoms with Gasteiger partial charge < -0.3 is 20.9 Å². The van der Waals surface area contributed by atoms with Crippen LogP contribution in [0.2, 0.25) is 0 Å². The number of carboxylic acid groups (broad SMARTS) is 1. The summed E-state index contributed by atoms with van der Waals surface area (Å²) in [6.07, 6.45) is 0.170. The Bertz CT molecular complexity index is 306. The van der Waals surface area contributed by atoms with Crippen molar-refractivity contribution < 1.29 is 24.2 Å². The van der Waals surface area contributed by atoms with Crippen LogP contribution in [0.25, 0.3) is 0 Å². The van der Waals surface area contributed by atoms with Crippen LogP contribution in [-0.4, -0.2) is 41.6 Å². The maximum atomic E-state index is 11.3. The number of ether oxygens (including phenoxy) is 1. The lowest BCUT2D eigenvalue weighted by Crippen LogP contribution is -2.42. The van der Waals surface area contributed by atoms with E-state index in [1.807, 2.05) is 6.92 Å². The average Bonchev–Trinajstić information content (AvgIpc) is 2.27. The molecule has 0 fully saturated rings. The third kappa shape index (κ3) is 7.61. The molecule has 0 aliphatic heterocycles. The van der Waals surface area contributed by atoms with Crippen LogP contribution >= 0.6 is 0 Å². The maximum absolute atomic E-state index is 11.3. The van der Waals surface area contributed by atoms with Gasteiger partial charge in [0.05, 0.1) is 25.0 Å². The Labute approximate surface area is 106 Å². The molecule has 0 saturated heterocycles. The molecule has 104 valence electrons. The van der Waals surface area contributed by atoms with Gasteiger partial charge in [-0.15, -0.1) is 0 Å². The van der Waals surface area contributed by atoms with Crippen molar-refractivity contribution in [2.75, 3.05) is 6.54 Å². The second-order valence-corrected chi connectivity index (χ2v) is 3.95. The van der Waals surface area contributed by atoms with E-state index in [1.54, 1.807) is 6.92 Å². The average molecular weight is 260 g/mol. The van der Waals surface area contributed by atoms with E-state index in [1.165, 1.54) is 0 Å². The molecule has 0 radical (unpaired) electrons. The summed E-state index contributed by atoms with van der Waals surface area (Å²) in [5.74, 6) is -2.14. The van der Waals surface area contributed by atoms with Crippen LogP contribution in [0.15, 0.2) is 0 Å². The largest absolute Gasteiger partial charge is 0.481 e. The van der Waals surface area contributed by atoms with Crippen molar-refractivity contribution in [3.63, 3.8) is 0 Å². The Morgan fingerprint density at radius 1 is 1.39 bits per heavy atom. The fraction of sp³-hybridized carbons (Fsp3) is 0.727. The van der Waals surface area contributed by atoms with Gasteiger partial charge in [-0.05, 0) is 13.3 Å². The second kappa shape index (κ2) is 8.46. The monoisotopic (exact) mass is 260 g/mol. The normalized spacial score (nSPS) is 13.5. The van der Waals surface area contributed by atoms with Gasteiger partial charge in [0.2, 0.25) is 5.91 Å². The Morgan fingerprint density at radius 2 is 2.00 bits per heavy atom. The van der Waals surface area contributed by atoms with Crippen molar-refractivity contribution in [2.45, 2.75) is 45.3 Å². The van der Waals surface area contributed by atoms with Gasteiger partial charge in [-0.2, -0.15) is 0 Å². The highest BCUT2D eigenvalue weighted by molar-refractivity contribution is 5.86. The van der Waals surface area contributed by atoms with Gasteiger partial charge >= 0.3 is 11.9 Å². The van der Waals surface area contributed by atoms with Gasteiger partial charge in [0.1, 0.15) is 0 Å². The lowest BCUT2D eigenvalue weighted by atomic mass is 10.2. The van der Waals surface area contributed by atoms with Gasteiger partial charge in [-0.25, -0.2) is 0 Å². The third-order valence-electron chi connectivity index (χ3n) is 2.27. The first-order valence-electron chi connectivity index (χ1n) is 5.81. The van der Waals surface area contributed by atoms with Crippen LogP contribution in [0.5, 0.6) is 0 Å². The summed E-state index contributed by atoms with van der Waals surface area (Å²) >= 11 is 0. The minimum atomic E-state index is -1.14. The molecular formula is C11H20N2O5. The van der Waals surface area contributed by atoms with Crippen molar-refractivity contribution in [3.05, 3.63) is 0 Å². The molecule has 1 unspecified atom stereocenters. The first-order valence-corrected chi connectivity index (χ1v) is 5.81. The zero-order valence-electron chi connectivity index (χ0n) is 10.6. The molecule has 0 aliphatic carbocycles. The number of carbonyl (C=O) groups is 3. The summed E-state index contributed by atoms with van der Waals surface area (Å²) in [5, 5.41) is 10.8. The van der Waals surface area contributed by atoms with E-state index >= 15 is 0 Å². The zero-order valence-corrected chi connectivity index (χ0v) is 10.6. The van der Waals surface area contributed by atoms with Gasteiger partial charge in [0.25, 0.3) is 0 Å². The van der Waals surface area contributed by atoms with Gasteiger partial charge in [-0.1, -0.05) is 6.92 Å². The topological polar surface area (TPSA) is 119 Å². The molecule has 2 atom stereocenters. The Hall–Kier alpha value is -1.63. The first kappa shape index (κ1) is 16.4. The van der Waals surface area contributed by atoms with Crippen molar-refractivity contribution in [3.8, 4) is 0 Å². The number of carboxylic acids is 1. The van der Waals surface area contributed by atoms with Crippen LogP contribution in [0, 0.1) is 0 Å². The van der Waals surface area contributed by atoms with E-state index in [2.05, 4.69) is 5.32 Å². The molecule has 0 rings (SSSR count). The van der Waals surface area contributed by atoms with Gasteiger partial charge in [0, 0.05) is 6.54 Å². The molecule has 18 heavy (non-hydrogen) atoms. The number of carbonyl (C=O) groups excluding carboxylic acids is 2. The highest BCUT2D eigenvalue weighted by Gasteiger charge is 2.17. The lowest BCUT2D eigenvalue weighted by Gasteiger charge is -2.12. The van der Waals surface area contributed by atoms with Crippen LogP contribution in [-0.2, 0) is 19.1 Å². The molecule has 4 N–H and O–H groups in total. The molecule has 0 heterocycles. The summed E-state index contributed by atoms with van der Waals surface area (Å²) in [5.41, 5.74) is 5.33. The summed E-state index contributed by atoms with van der Waals surface area (Å²) in [6, 6.07) is -1.10. The van der Waals surface area contributed by atoms with Crippen LogP contribution < -0.4 is 11.1 Å². The SMILES string of the molecule is CCC(C)OC(=O)CCNC(=O)[C@H](N)CC(=O)O. The van der Waals surface area contributed by atoms with Crippen molar-refractivity contribution in [1.82, 2.24) is 5.32 Å². The Balaban J connectivity index is 3.80.